The minimum atomic E-state index is -0.549. The van der Waals surface area contributed by atoms with Gasteiger partial charge in [-0.3, -0.25) is 9.59 Å². The molecule has 0 unspecified atom stereocenters. The van der Waals surface area contributed by atoms with Crippen LogP contribution in [0.15, 0.2) is 47.1 Å². The van der Waals surface area contributed by atoms with Crippen molar-refractivity contribution in [2.45, 2.75) is 19.4 Å². The van der Waals surface area contributed by atoms with Crippen LogP contribution in [0.1, 0.15) is 24.3 Å². The number of carbonyl (C=O) groups excluding carboxylic acids is 2. The van der Waals surface area contributed by atoms with Gasteiger partial charge < -0.3 is 14.5 Å². The second kappa shape index (κ2) is 7.40. The third kappa shape index (κ3) is 4.73. The molecule has 6 heteroatoms. The van der Waals surface area contributed by atoms with Crippen LogP contribution in [0.2, 0.25) is 0 Å². The van der Waals surface area contributed by atoms with Crippen molar-refractivity contribution in [1.82, 2.24) is 5.32 Å². The van der Waals surface area contributed by atoms with Gasteiger partial charge in [-0.15, -0.1) is 0 Å². The molecule has 0 spiro atoms. The second-order valence-corrected chi connectivity index (χ2v) is 4.77. The van der Waals surface area contributed by atoms with Crippen molar-refractivity contribution >= 4 is 11.9 Å². The third-order valence-corrected chi connectivity index (χ3v) is 2.97. The maximum atomic E-state index is 12.7. The second-order valence-electron chi connectivity index (χ2n) is 4.77. The zero-order valence-corrected chi connectivity index (χ0v) is 12.0. The number of halogens is 1. The average Bonchev–Trinajstić information content (AvgIpc) is 3.02. The van der Waals surface area contributed by atoms with E-state index in [1.807, 2.05) is 0 Å². The van der Waals surface area contributed by atoms with E-state index in [9.17, 15) is 14.0 Å². The van der Waals surface area contributed by atoms with Gasteiger partial charge in [0.2, 0.25) is 0 Å². The average molecular weight is 305 g/mol. The first-order chi connectivity index (χ1) is 10.5. The first-order valence-electron chi connectivity index (χ1n) is 6.77. The van der Waals surface area contributed by atoms with Crippen molar-refractivity contribution in [1.29, 1.82) is 0 Å². The number of ether oxygens (including phenoxy) is 1. The number of amides is 1. The minimum Gasteiger partial charge on any atom is -0.467 e. The summed E-state index contributed by atoms with van der Waals surface area (Å²) in [5.41, 5.74) is 0.621. The monoisotopic (exact) mass is 305 g/mol. The molecule has 1 N–H and O–H groups in total. The van der Waals surface area contributed by atoms with Crippen LogP contribution in [0.4, 0.5) is 4.39 Å². The summed E-state index contributed by atoms with van der Waals surface area (Å²) in [6.07, 6.45) is 1.50. The van der Waals surface area contributed by atoms with E-state index in [2.05, 4.69) is 5.32 Å². The summed E-state index contributed by atoms with van der Waals surface area (Å²) in [4.78, 5) is 23.3. The number of hydrogen-bond acceptors (Lipinski definition) is 4. The van der Waals surface area contributed by atoms with Gasteiger partial charge in [-0.2, -0.15) is 0 Å². The van der Waals surface area contributed by atoms with Crippen LogP contribution in [0.25, 0.3) is 0 Å². The smallest absolute Gasteiger partial charge is 0.310 e. The van der Waals surface area contributed by atoms with E-state index in [4.69, 9.17) is 9.15 Å². The van der Waals surface area contributed by atoms with E-state index < -0.39 is 11.9 Å². The molecule has 2 rings (SSSR count). The maximum absolute atomic E-state index is 12.7. The first kappa shape index (κ1) is 15.8. The third-order valence-electron chi connectivity index (χ3n) is 2.97. The Morgan fingerprint density at radius 2 is 2.00 bits per heavy atom. The molecular formula is C16H16FNO4. The molecular weight excluding hydrogens is 289 g/mol. The Balaban J connectivity index is 1.73. The number of hydrogen-bond donors (Lipinski definition) is 1. The molecule has 1 atom stereocenters. The summed E-state index contributed by atoms with van der Waals surface area (Å²) >= 11 is 0. The van der Waals surface area contributed by atoms with Gasteiger partial charge in [-0.05, 0) is 36.8 Å². The molecule has 2 aromatic rings. The highest BCUT2D eigenvalue weighted by Gasteiger charge is 2.13. The fourth-order valence-corrected chi connectivity index (χ4v) is 1.86. The van der Waals surface area contributed by atoms with E-state index in [0.29, 0.717) is 11.3 Å². The van der Waals surface area contributed by atoms with Crippen LogP contribution in [0.3, 0.4) is 0 Å². The lowest BCUT2D eigenvalue weighted by Gasteiger charge is -2.11. The predicted octanol–water partition coefficient (Wildman–Crippen LogP) is 2.38. The van der Waals surface area contributed by atoms with Crippen LogP contribution in [-0.4, -0.2) is 18.5 Å². The van der Waals surface area contributed by atoms with Crippen molar-refractivity contribution in [2.75, 3.05) is 6.61 Å². The maximum Gasteiger partial charge on any atom is 0.310 e. The fourth-order valence-electron chi connectivity index (χ4n) is 1.86. The minimum absolute atomic E-state index is 0.0126. The summed E-state index contributed by atoms with van der Waals surface area (Å²) in [6.45, 7) is 1.39. The van der Waals surface area contributed by atoms with E-state index in [-0.39, 0.29) is 24.9 Å². The number of carbonyl (C=O) groups is 2. The zero-order chi connectivity index (χ0) is 15.9. The van der Waals surface area contributed by atoms with Crippen LogP contribution in [-0.2, 0) is 20.7 Å². The van der Waals surface area contributed by atoms with Crippen molar-refractivity contribution in [3.63, 3.8) is 0 Å². The van der Waals surface area contributed by atoms with E-state index in [1.165, 1.54) is 30.5 Å². The van der Waals surface area contributed by atoms with Crippen molar-refractivity contribution in [2.24, 2.45) is 0 Å². The molecule has 0 fully saturated rings. The SMILES string of the molecule is C[C@H](NC(=O)COC(=O)Cc1ccc(F)cc1)c1ccco1. The Bertz CT molecular complexity index is 622. The Hall–Kier alpha value is -2.63. The van der Waals surface area contributed by atoms with Crippen LogP contribution in [0, 0.1) is 5.82 Å². The van der Waals surface area contributed by atoms with Gasteiger partial charge in [-0.25, -0.2) is 4.39 Å². The normalized spacial score (nSPS) is 11.7. The molecule has 0 radical (unpaired) electrons. The van der Waals surface area contributed by atoms with Gasteiger partial charge in [0.25, 0.3) is 5.91 Å². The Morgan fingerprint density at radius 1 is 1.27 bits per heavy atom. The van der Waals surface area contributed by atoms with E-state index in [1.54, 1.807) is 19.1 Å². The van der Waals surface area contributed by atoms with Crippen molar-refractivity contribution in [3.05, 3.63) is 59.8 Å². The number of nitrogens with one attached hydrogen (secondary N) is 1. The largest absolute Gasteiger partial charge is 0.467 e. The van der Waals surface area contributed by atoms with Crippen LogP contribution in [0.5, 0.6) is 0 Å². The molecule has 116 valence electrons. The molecule has 0 bridgehead atoms. The lowest BCUT2D eigenvalue weighted by Crippen LogP contribution is -2.31. The molecule has 22 heavy (non-hydrogen) atoms. The molecule has 0 aliphatic carbocycles. The molecule has 0 aliphatic rings. The summed E-state index contributed by atoms with van der Waals surface area (Å²) in [5.74, 6) is -0.724. The van der Waals surface area contributed by atoms with Gasteiger partial charge in [0.05, 0.1) is 18.7 Å². The standard InChI is InChI=1S/C16H16FNO4/c1-11(14-3-2-8-21-14)18-15(19)10-22-16(20)9-12-4-6-13(17)7-5-12/h2-8,11H,9-10H2,1H3,(H,18,19)/t11-/m0/s1. The molecule has 1 aromatic carbocycles. The quantitative estimate of drug-likeness (QED) is 0.832. The molecule has 1 heterocycles. The van der Waals surface area contributed by atoms with Gasteiger partial charge in [0.15, 0.2) is 6.61 Å². The lowest BCUT2D eigenvalue weighted by atomic mass is 10.1. The highest BCUT2D eigenvalue weighted by atomic mass is 19.1. The van der Waals surface area contributed by atoms with Gasteiger partial charge >= 0.3 is 5.97 Å². The number of benzene rings is 1. The molecule has 1 aromatic heterocycles. The Labute approximate surface area is 127 Å². The highest BCUT2D eigenvalue weighted by molar-refractivity contribution is 5.81. The Kier molecular flexibility index (Phi) is 5.30. The van der Waals surface area contributed by atoms with Gasteiger partial charge in [0.1, 0.15) is 11.6 Å². The van der Waals surface area contributed by atoms with Gasteiger partial charge in [-0.1, -0.05) is 12.1 Å². The van der Waals surface area contributed by atoms with Crippen LogP contribution < -0.4 is 5.32 Å². The molecule has 0 saturated carbocycles. The van der Waals surface area contributed by atoms with Crippen LogP contribution >= 0.6 is 0 Å². The van der Waals surface area contributed by atoms with Crippen molar-refractivity contribution in [3.8, 4) is 0 Å². The van der Waals surface area contributed by atoms with Gasteiger partial charge in [0, 0.05) is 0 Å². The number of furan rings is 1. The first-order valence-corrected chi connectivity index (χ1v) is 6.77. The van der Waals surface area contributed by atoms with E-state index in [0.717, 1.165) is 0 Å². The predicted molar refractivity (Wildman–Crippen MR) is 76.3 cm³/mol. The Morgan fingerprint density at radius 3 is 2.64 bits per heavy atom. The summed E-state index contributed by atoms with van der Waals surface area (Å²) in [7, 11) is 0. The highest BCUT2D eigenvalue weighted by Crippen LogP contribution is 2.11. The summed E-state index contributed by atoms with van der Waals surface area (Å²) in [5, 5.41) is 2.65. The number of rotatable bonds is 6. The number of esters is 1. The fraction of sp³-hybridized carbons (Fsp3) is 0.250. The molecule has 5 nitrogen and oxygen atoms in total. The zero-order valence-electron chi connectivity index (χ0n) is 12.0. The topological polar surface area (TPSA) is 68.5 Å². The molecule has 0 aliphatic heterocycles. The lowest BCUT2D eigenvalue weighted by molar-refractivity contribution is -0.148. The van der Waals surface area contributed by atoms with E-state index >= 15 is 0 Å². The summed E-state index contributed by atoms with van der Waals surface area (Å²) in [6, 6.07) is 8.68. The molecule has 0 saturated heterocycles. The van der Waals surface area contributed by atoms with Crippen molar-refractivity contribution < 1.29 is 23.1 Å². The summed E-state index contributed by atoms with van der Waals surface area (Å²) < 4.78 is 22.8. The molecule has 1 amide bonds.